The lowest BCUT2D eigenvalue weighted by molar-refractivity contribution is -0.121. The van der Waals surface area contributed by atoms with Gasteiger partial charge in [0.15, 0.2) is 0 Å². The van der Waals surface area contributed by atoms with Gasteiger partial charge in [0.1, 0.15) is 22.8 Å². The Hall–Kier alpha value is -3.03. The molecule has 7 nitrogen and oxygen atoms in total. The highest BCUT2D eigenvalue weighted by Gasteiger charge is 2.27. The lowest BCUT2D eigenvalue weighted by Gasteiger charge is -2.36. The SMILES string of the molecule is Cc1noc2nc(CCC(=O)NCc3ccc(F)cc3)nc(N3CC(C)CC(C)C3)c12. The third-order valence-electron chi connectivity index (χ3n) is 5.68. The molecule has 2 unspecified atom stereocenters. The van der Waals surface area contributed by atoms with E-state index >= 15 is 0 Å². The van der Waals surface area contributed by atoms with Crippen LogP contribution in [-0.2, 0) is 17.8 Å². The number of halogens is 1. The molecule has 2 atom stereocenters. The number of hydrogen-bond donors (Lipinski definition) is 1. The minimum Gasteiger partial charge on any atom is -0.355 e. The number of amides is 1. The van der Waals surface area contributed by atoms with Crippen molar-refractivity contribution >= 4 is 22.8 Å². The van der Waals surface area contributed by atoms with E-state index in [0.29, 0.717) is 36.3 Å². The summed E-state index contributed by atoms with van der Waals surface area (Å²) in [5.74, 6) is 2.18. The smallest absolute Gasteiger partial charge is 0.263 e. The van der Waals surface area contributed by atoms with Gasteiger partial charge in [-0.2, -0.15) is 4.98 Å². The van der Waals surface area contributed by atoms with Crippen LogP contribution < -0.4 is 10.2 Å². The van der Waals surface area contributed by atoms with E-state index in [4.69, 9.17) is 9.51 Å². The highest BCUT2D eigenvalue weighted by Crippen LogP contribution is 2.31. The zero-order chi connectivity index (χ0) is 22.0. The molecule has 1 aliphatic heterocycles. The van der Waals surface area contributed by atoms with Crippen LogP contribution in [0.5, 0.6) is 0 Å². The zero-order valence-corrected chi connectivity index (χ0v) is 18.2. The molecule has 31 heavy (non-hydrogen) atoms. The third-order valence-corrected chi connectivity index (χ3v) is 5.68. The van der Waals surface area contributed by atoms with Crippen molar-refractivity contribution in [3.63, 3.8) is 0 Å². The summed E-state index contributed by atoms with van der Waals surface area (Å²) in [6.45, 7) is 8.63. The van der Waals surface area contributed by atoms with Gasteiger partial charge in [0.05, 0.1) is 5.69 Å². The highest BCUT2D eigenvalue weighted by molar-refractivity contribution is 5.88. The normalized spacial score (nSPS) is 19.0. The fraction of sp³-hybridized carbons (Fsp3) is 0.478. The van der Waals surface area contributed by atoms with Gasteiger partial charge in [-0.05, 0) is 42.9 Å². The number of anilines is 1. The fourth-order valence-electron chi connectivity index (χ4n) is 4.30. The molecule has 1 aromatic carbocycles. The second-order valence-corrected chi connectivity index (χ2v) is 8.67. The standard InChI is InChI=1S/C23H28FN5O2/c1-14-10-15(2)13-29(12-14)22-21-16(3)28-31-23(21)27-19(26-22)8-9-20(30)25-11-17-4-6-18(24)7-5-17/h4-7,14-15H,8-13H2,1-3H3,(H,25,30). The average molecular weight is 426 g/mol. The summed E-state index contributed by atoms with van der Waals surface area (Å²) >= 11 is 0. The maximum absolute atomic E-state index is 13.0. The number of rotatable bonds is 6. The molecule has 4 rings (SSSR count). The second kappa shape index (κ2) is 8.99. The molecule has 1 fully saturated rings. The summed E-state index contributed by atoms with van der Waals surface area (Å²) in [4.78, 5) is 23.9. The molecule has 0 saturated carbocycles. The molecular formula is C23H28FN5O2. The van der Waals surface area contributed by atoms with Gasteiger partial charge in [0.25, 0.3) is 5.71 Å². The van der Waals surface area contributed by atoms with Crippen molar-refractivity contribution in [3.8, 4) is 0 Å². The molecule has 2 aromatic heterocycles. The Balaban J connectivity index is 1.46. The van der Waals surface area contributed by atoms with Crippen molar-refractivity contribution in [1.82, 2.24) is 20.4 Å². The summed E-state index contributed by atoms with van der Waals surface area (Å²) in [7, 11) is 0. The van der Waals surface area contributed by atoms with Crippen molar-refractivity contribution in [2.45, 2.75) is 46.6 Å². The maximum atomic E-state index is 13.0. The van der Waals surface area contributed by atoms with Gasteiger partial charge in [-0.3, -0.25) is 4.79 Å². The Kier molecular flexibility index (Phi) is 6.15. The molecule has 3 heterocycles. The van der Waals surface area contributed by atoms with E-state index in [0.717, 1.165) is 35.6 Å². The summed E-state index contributed by atoms with van der Waals surface area (Å²) < 4.78 is 18.4. The van der Waals surface area contributed by atoms with Crippen LogP contribution in [0.3, 0.4) is 0 Å². The van der Waals surface area contributed by atoms with Gasteiger partial charge in [-0.25, -0.2) is 9.37 Å². The summed E-state index contributed by atoms with van der Waals surface area (Å²) in [5, 5.41) is 7.79. The summed E-state index contributed by atoms with van der Waals surface area (Å²) in [6.07, 6.45) is 1.86. The van der Waals surface area contributed by atoms with E-state index in [1.54, 1.807) is 12.1 Å². The Labute approximate surface area is 181 Å². The van der Waals surface area contributed by atoms with E-state index in [-0.39, 0.29) is 18.1 Å². The van der Waals surface area contributed by atoms with Crippen LogP contribution in [0, 0.1) is 24.6 Å². The largest absolute Gasteiger partial charge is 0.355 e. The number of hydrogen-bond acceptors (Lipinski definition) is 6. The Morgan fingerprint density at radius 1 is 1.19 bits per heavy atom. The molecule has 1 saturated heterocycles. The number of carbonyl (C=O) groups excluding carboxylic acids is 1. The van der Waals surface area contributed by atoms with Crippen molar-refractivity contribution < 1.29 is 13.7 Å². The molecule has 164 valence electrons. The molecule has 3 aromatic rings. The fourth-order valence-corrected chi connectivity index (χ4v) is 4.30. The van der Waals surface area contributed by atoms with E-state index < -0.39 is 0 Å². The number of piperidine rings is 1. The van der Waals surface area contributed by atoms with Gasteiger partial charge in [-0.1, -0.05) is 31.1 Å². The highest BCUT2D eigenvalue weighted by atomic mass is 19.1. The van der Waals surface area contributed by atoms with Crippen molar-refractivity contribution in [2.75, 3.05) is 18.0 Å². The lowest BCUT2D eigenvalue weighted by atomic mass is 9.92. The van der Waals surface area contributed by atoms with E-state index in [1.807, 2.05) is 6.92 Å². The molecule has 0 aliphatic carbocycles. The van der Waals surface area contributed by atoms with Crippen LogP contribution in [0.2, 0.25) is 0 Å². The van der Waals surface area contributed by atoms with Gasteiger partial charge in [0, 0.05) is 32.5 Å². The van der Waals surface area contributed by atoms with E-state index in [9.17, 15) is 9.18 Å². The zero-order valence-electron chi connectivity index (χ0n) is 18.2. The molecule has 1 aliphatic rings. The number of nitrogens with one attached hydrogen (secondary N) is 1. The number of aryl methyl sites for hydroxylation is 2. The minimum absolute atomic E-state index is 0.108. The maximum Gasteiger partial charge on any atom is 0.263 e. The Bertz CT molecular complexity index is 1060. The molecule has 0 spiro atoms. The van der Waals surface area contributed by atoms with Gasteiger partial charge >= 0.3 is 0 Å². The van der Waals surface area contributed by atoms with Crippen molar-refractivity contribution in [2.24, 2.45) is 11.8 Å². The first kappa shape index (κ1) is 21.2. The first-order valence-electron chi connectivity index (χ1n) is 10.8. The van der Waals surface area contributed by atoms with Crippen molar-refractivity contribution in [1.29, 1.82) is 0 Å². The average Bonchev–Trinajstić information content (AvgIpc) is 3.11. The molecule has 0 radical (unpaired) electrons. The molecule has 0 bridgehead atoms. The third kappa shape index (κ3) is 5.00. The molecule has 8 heteroatoms. The van der Waals surface area contributed by atoms with Crippen LogP contribution in [0.15, 0.2) is 28.8 Å². The molecular weight excluding hydrogens is 397 g/mol. The Morgan fingerprint density at radius 2 is 1.90 bits per heavy atom. The predicted molar refractivity (Wildman–Crippen MR) is 116 cm³/mol. The number of aromatic nitrogens is 3. The van der Waals surface area contributed by atoms with Crippen LogP contribution >= 0.6 is 0 Å². The number of nitrogens with zero attached hydrogens (tertiary/aromatic N) is 4. The monoisotopic (exact) mass is 425 g/mol. The first-order chi connectivity index (χ1) is 14.9. The van der Waals surface area contributed by atoms with Crippen LogP contribution in [-0.4, -0.2) is 34.1 Å². The summed E-state index contributed by atoms with van der Waals surface area (Å²) in [5.41, 5.74) is 2.09. The number of fused-ring (bicyclic) bond motifs is 1. The predicted octanol–water partition coefficient (Wildman–Crippen LogP) is 3.80. The van der Waals surface area contributed by atoms with Gasteiger partial charge < -0.3 is 14.7 Å². The van der Waals surface area contributed by atoms with Crippen LogP contribution in [0.4, 0.5) is 10.2 Å². The minimum atomic E-state index is -0.293. The molecule has 1 N–H and O–H groups in total. The Morgan fingerprint density at radius 3 is 2.61 bits per heavy atom. The lowest BCUT2D eigenvalue weighted by Crippen LogP contribution is -2.39. The van der Waals surface area contributed by atoms with Crippen LogP contribution in [0.1, 0.15) is 43.8 Å². The van der Waals surface area contributed by atoms with Gasteiger partial charge in [-0.15, -0.1) is 0 Å². The van der Waals surface area contributed by atoms with E-state index in [2.05, 4.69) is 34.2 Å². The number of benzene rings is 1. The molecule has 1 amide bonds. The number of carbonyl (C=O) groups is 1. The van der Waals surface area contributed by atoms with Gasteiger partial charge in [0.2, 0.25) is 5.91 Å². The topological polar surface area (TPSA) is 84.1 Å². The quantitative estimate of drug-likeness (QED) is 0.647. The summed E-state index contributed by atoms with van der Waals surface area (Å²) in [6, 6.07) is 6.08. The first-order valence-corrected chi connectivity index (χ1v) is 10.8. The van der Waals surface area contributed by atoms with Crippen LogP contribution in [0.25, 0.3) is 11.1 Å². The van der Waals surface area contributed by atoms with Crippen molar-refractivity contribution in [3.05, 3.63) is 47.2 Å². The van der Waals surface area contributed by atoms with E-state index in [1.165, 1.54) is 18.6 Å². The second-order valence-electron chi connectivity index (χ2n) is 8.67.